The number of phenols is 2. The van der Waals surface area contributed by atoms with Crippen LogP contribution in [0.4, 0.5) is 0 Å². The molecule has 0 bridgehead atoms. The van der Waals surface area contributed by atoms with Crippen LogP contribution in [0.2, 0.25) is 0 Å². The van der Waals surface area contributed by atoms with Crippen LogP contribution in [0.15, 0.2) is 72.8 Å². The molecule has 0 aliphatic carbocycles. The van der Waals surface area contributed by atoms with Gasteiger partial charge in [-0.2, -0.15) is 0 Å². The highest BCUT2D eigenvalue weighted by molar-refractivity contribution is 5.80. The van der Waals surface area contributed by atoms with E-state index in [1.54, 1.807) is 0 Å². The maximum atomic E-state index is 11.6. The van der Waals surface area contributed by atoms with E-state index in [9.17, 15) is 15.3 Å². The Bertz CT molecular complexity index is 2090. The van der Waals surface area contributed by atoms with Gasteiger partial charge in [-0.3, -0.25) is 0 Å². The summed E-state index contributed by atoms with van der Waals surface area (Å²) in [6.07, 6.45) is 0.799. The van der Waals surface area contributed by atoms with Crippen molar-refractivity contribution < 1.29 is 20.1 Å². The molecule has 5 heterocycles. The molecule has 0 atom stereocenters. The molecule has 200 valence electrons. The Morgan fingerprint density at radius 2 is 1.18 bits per heavy atom. The van der Waals surface area contributed by atoms with Gasteiger partial charge in [0, 0.05) is 30.1 Å². The molecule has 1 fully saturated rings. The summed E-state index contributed by atoms with van der Waals surface area (Å²) in [5.74, 6) is 0.608. The van der Waals surface area contributed by atoms with Gasteiger partial charge in [-0.1, -0.05) is 36.4 Å². The van der Waals surface area contributed by atoms with Crippen molar-refractivity contribution in [2.24, 2.45) is 0 Å². The number of aliphatic hydroxyl groups is 1. The minimum absolute atomic E-state index is 0.00502. The first-order valence-corrected chi connectivity index (χ1v) is 13.5. The molecule has 0 amide bonds. The van der Waals surface area contributed by atoms with Crippen LogP contribution >= 0.6 is 0 Å². The minimum atomic E-state index is 0.00502. The molecule has 9 rings (SSSR count). The molecule has 0 radical (unpaired) electrons. The van der Waals surface area contributed by atoms with Crippen molar-refractivity contribution in [2.45, 2.75) is 18.8 Å². The first kappa shape index (κ1) is 22.1. The number of hydrogen-bond donors (Lipinski definition) is 3. The maximum Gasteiger partial charge on any atom is 0.146 e. The molecule has 40 heavy (non-hydrogen) atoms. The molecule has 1 aliphatic heterocycles. The molecule has 10 heteroatoms. The van der Waals surface area contributed by atoms with Gasteiger partial charge in [0.15, 0.2) is 0 Å². The molecule has 8 aromatic rings. The number of hydrogen-bond acceptors (Lipinski definition) is 4. The molecular formula is C30H26N6O4. The molecular weight excluding hydrogens is 508 g/mol. The number of ether oxygens (including phenoxy) is 1. The lowest BCUT2D eigenvalue weighted by atomic mass is 9.91. The number of para-hydroxylation sites is 4. The Labute approximate surface area is 226 Å². The zero-order chi connectivity index (χ0) is 26.7. The van der Waals surface area contributed by atoms with E-state index in [0.29, 0.717) is 43.0 Å². The molecule has 0 unspecified atom stereocenters. The lowest BCUT2D eigenvalue weighted by molar-refractivity contribution is 0.00838. The quantitative estimate of drug-likeness (QED) is 0.290. The lowest BCUT2D eigenvalue weighted by Crippen LogP contribution is -2.25. The van der Waals surface area contributed by atoms with Crippen molar-refractivity contribution in [3.05, 3.63) is 95.1 Å². The van der Waals surface area contributed by atoms with Gasteiger partial charge < -0.3 is 20.1 Å². The highest BCUT2D eigenvalue weighted by Crippen LogP contribution is 2.40. The molecule has 0 saturated carbocycles. The predicted molar refractivity (Wildman–Crippen MR) is 148 cm³/mol. The van der Waals surface area contributed by atoms with Crippen LogP contribution < -0.4 is 0 Å². The van der Waals surface area contributed by atoms with E-state index in [2.05, 4.69) is 12.1 Å². The van der Waals surface area contributed by atoms with E-state index in [-0.39, 0.29) is 24.0 Å². The van der Waals surface area contributed by atoms with Crippen LogP contribution in [-0.4, -0.2) is 63.3 Å². The van der Waals surface area contributed by atoms with Gasteiger partial charge in [0.2, 0.25) is 0 Å². The fraction of sp³-hybridized carbons (Fsp3) is 0.200. The summed E-state index contributed by atoms with van der Waals surface area (Å²) >= 11 is 0. The van der Waals surface area contributed by atoms with Crippen LogP contribution in [0.3, 0.4) is 0 Å². The summed E-state index contributed by atoms with van der Waals surface area (Å²) in [6, 6.07) is 24.1. The van der Waals surface area contributed by atoms with Gasteiger partial charge >= 0.3 is 0 Å². The highest BCUT2D eigenvalue weighted by atomic mass is 16.5. The van der Waals surface area contributed by atoms with Crippen molar-refractivity contribution in [2.75, 3.05) is 19.8 Å². The molecule has 3 N–H and O–H groups in total. The predicted octanol–water partition coefficient (Wildman–Crippen LogP) is 3.81. The fourth-order valence-electron chi connectivity index (χ4n) is 6.16. The molecule has 1 aliphatic rings. The number of rotatable bonds is 7. The minimum Gasteiger partial charge on any atom is -0.505 e. The standard InChI is InChI=1S/C30H26N6O4/c37-10-9-18-11-20(29(38)27(12-18)35-31-23-5-1-2-6-24(23)32(31)35)14-21-13-19(22-16-40-17-22)15-28(30(21)39)36-33-25-7-3-4-8-26(25)34(33)36/h1-8,11-13,15,22,37-39H,9-10,14,16-17H2. The zero-order valence-electron chi connectivity index (χ0n) is 21.5. The number of aromatic hydroxyl groups is 2. The largest absolute Gasteiger partial charge is 0.505 e. The highest BCUT2D eigenvalue weighted by Gasteiger charge is 2.31. The second-order valence-electron chi connectivity index (χ2n) is 10.8. The summed E-state index contributed by atoms with van der Waals surface area (Å²) in [7, 11) is 0. The monoisotopic (exact) mass is 534 g/mol. The van der Waals surface area contributed by atoms with Crippen molar-refractivity contribution >= 4 is 22.1 Å². The van der Waals surface area contributed by atoms with E-state index >= 15 is 0 Å². The van der Waals surface area contributed by atoms with E-state index in [0.717, 1.165) is 38.8 Å². The number of aliphatic hydroxyl groups excluding tert-OH is 1. The molecule has 1 saturated heterocycles. The molecule has 4 aromatic carbocycles. The maximum absolute atomic E-state index is 11.6. The smallest absolute Gasteiger partial charge is 0.146 e. The molecule has 4 aromatic heterocycles. The second kappa shape index (κ2) is 7.65. The van der Waals surface area contributed by atoms with Crippen LogP contribution in [0.5, 0.6) is 11.5 Å². The van der Waals surface area contributed by atoms with Gasteiger partial charge in [0.05, 0.1) is 13.2 Å². The second-order valence-corrected chi connectivity index (χ2v) is 10.8. The Hall–Kier alpha value is -4.80. The zero-order valence-corrected chi connectivity index (χ0v) is 21.5. The van der Waals surface area contributed by atoms with E-state index in [1.165, 1.54) is 0 Å². The van der Waals surface area contributed by atoms with Crippen molar-refractivity contribution in [1.29, 1.82) is 0 Å². The van der Waals surface area contributed by atoms with Gasteiger partial charge in [-0.05, 0) is 53.9 Å². The Kier molecular flexibility index (Phi) is 4.22. The molecule has 0 spiro atoms. The van der Waals surface area contributed by atoms with Gasteiger partial charge in [0.25, 0.3) is 0 Å². The van der Waals surface area contributed by atoms with Crippen molar-refractivity contribution in [1.82, 2.24) is 28.1 Å². The Morgan fingerprint density at radius 1 is 0.675 bits per heavy atom. The summed E-state index contributed by atoms with van der Waals surface area (Å²) in [4.78, 5) is 3.91. The van der Waals surface area contributed by atoms with Crippen molar-refractivity contribution in [3.63, 3.8) is 0 Å². The van der Waals surface area contributed by atoms with E-state index < -0.39 is 0 Å². The summed E-state index contributed by atoms with van der Waals surface area (Å²) in [5.41, 5.74) is 9.16. The van der Waals surface area contributed by atoms with Crippen LogP contribution in [0.25, 0.3) is 33.4 Å². The Morgan fingerprint density at radius 3 is 1.65 bits per heavy atom. The number of nitrogens with zero attached hydrogens (tertiary/aromatic N) is 6. The van der Waals surface area contributed by atoms with Crippen LogP contribution in [0.1, 0.15) is 28.2 Å². The van der Waals surface area contributed by atoms with E-state index in [1.807, 2.05) is 88.8 Å². The van der Waals surface area contributed by atoms with Gasteiger partial charge in [-0.25, -0.2) is 0 Å². The summed E-state index contributed by atoms with van der Waals surface area (Å²) in [5, 5.41) is 32.9. The normalized spacial score (nSPS) is 14.7. The number of fused-ring (bicyclic) bond motifs is 8. The number of phenolic OH excluding ortho intramolecular Hbond substituents is 2. The van der Waals surface area contributed by atoms with E-state index in [4.69, 9.17) is 4.74 Å². The first-order valence-electron chi connectivity index (χ1n) is 13.5. The van der Waals surface area contributed by atoms with Gasteiger partial charge in [0.1, 0.15) is 44.9 Å². The summed E-state index contributed by atoms with van der Waals surface area (Å²) < 4.78 is 13.5. The Balaban J connectivity index is 1.17. The number of aromatic nitrogens is 6. The third-order valence-electron chi connectivity index (χ3n) is 8.38. The third-order valence-corrected chi connectivity index (χ3v) is 8.38. The number of benzene rings is 4. The van der Waals surface area contributed by atoms with Crippen LogP contribution in [-0.2, 0) is 17.6 Å². The van der Waals surface area contributed by atoms with Crippen molar-refractivity contribution in [3.8, 4) is 22.9 Å². The SMILES string of the molecule is OCCc1cc(Cc2cc(C3COC3)cc(-n3n4c5ccccc5n34)c2O)c(O)c(-n2n3c4ccccc4n23)c1. The van der Waals surface area contributed by atoms with Crippen LogP contribution in [0, 0.1) is 0 Å². The fourth-order valence-corrected chi connectivity index (χ4v) is 6.16. The third kappa shape index (κ3) is 2.83. The average molecular weight is 535 g/mol. The summed E-state index contributed by atoms with van der Waals surface area (Å²) in [6.45, 7) is 1.31. The molecule has 10 nitrogen and oxygen atoms in total. The average Bonchev–Trinajstić information content (AvgIpc) is 3.78. The topological polar surface area (TPSA) is 97.4 Å². The van der Waals surface area contributed by atoms with Gasteiger partial charge in [-0.15, -0.1) is 28.1 Å². The first-order chi connectivity index (χ1) is 19.6. The lowest BCUT2D eigenvalue weighted by Gasteiger charge is -2.27.